The molecule has 1 heterocycles. The lowest BCUT2D eigenvalue weighted by atomic mass is 10.2. The van der Waals surface area contributed by atoms with E-state index < -0.39 is 0 Å². The molecule has 0 spiro atoms. The molecule has 21 heavy (non-hydrogen) atoms. The maximum atomic E-state index is 12.2. The lowest BCUT2D eigenvalue weighted by Gasteiger charge is -2.12. The van der Waals surface area contributed by atoms with E-state index in [1.165, 1.54) is 17.8 Å². The van der Waals surface area contributed by atoms with Crippen LogP contribution in [-0.2, 0) is 0 Å². The maximum absolute atomic E-state index is 12.2. The highest BCUT2D eigenvalue weighted by molar-refractivity contribution is 7.99. The standard InChI is InChI=1S/C16H21NO2S2/c1-2-20-14-7-6-12(11-14)17-16(19)15-9-8-13(21-15)5-3-4-10-18/h8-9,12,14,18H,2,4,6-7,10-11H2,1H3,(H,17,19). The lowest BCUT2D eigenvalue weighted by molar-refractivity contribution is 0.0942. The summed E-state index contributed by atoms with van der Waals surface area (Å²) in [5.74, 6) is 7.00. The molecule has 0 saturated heterocycles. The highest BCUT2D eigenvalue weighted by Crippen LogP contribution is 2.30. The van der Waals surface area contributed by atoms with Crippen molar-refractivity contribution >= 4 is 29.0 Å². The van der Waals surface area contributed by atoms with Crippen LogP contribution in [0.4, 0.5) is 0 Å². The van der Waals surface area contributed by atoms with Crippen LogP contribution in [0.2, 0.25) is 0 Å². The lowest BCUT2D eigenvalue weighted by Crippen LogP contribution is -2.32. The van der Waals surface area contributed by atoms with Crippen molar-refractivity contribution in [2.75, 3.05) is 12.4 Å². The summed E-state index contributed by atoms with van der Waals surface area (Å²) >= 11 is 3.41. The molecular formula is C16H21NO2S2. The number of rotatable bonds is 5. The van der Waals surface area contributed by atoms with Crippen LogP contribution in [-0.4, -0.2) is 34.7 Å². The van der Waals surface area contributed by atoms with Gasteiger partial charge in [-0.2, -0.15) is 11.8 Å². The van der Waals surface area contributed by atoms with E-state index >= 15 is 0 Å². The second-order valence-corrected chi connectivity index (χ2v) is 7.66. The number of thiophene rings is 1. The number of hydrogen-bond acceptors (Lipinski definition) is 4. The minimum atomic E-state index is 0.0161. The van der Waals surface area contributed by atoms with E-state index in [2.05, 4.69) is 24.1 Å². The van der Waals surface area contributed by atoms with Crippen LogP contribution in [0.25, 0.3) is 0 Å². The van der Waals surface area contributed by atoms with Gasteiger partial charge in [0.05, 0.1) is 16.4 Å². The molecule has 3 nitrogen and oxygen atoms in total. The molecule has 0 aromatic carbocycles. The minimum Gasteiger partial charge on any atom is -0.395 e. The average Bonchev–Trinajstić information content (AvgIpc) is 3.09. The third-order valence-corrected chi connectivity index (χ3v) is 5.63. The molecule has 2 rings (SSSR count). The quantitative estimate of drug-likeness (QED) is 0.819. The molecule has 2 atom stereocenters. The number of hydrogen-bond donors (Lipinski definition) is 2. The fraction of sp³-hybridized carbons (Fsp3) is 0.562. The molecular weight excluding hydrogens is 302 g/mol. The molecule has 0 aliphatic heterocycles. The predicted octanol–water partition coefficient (Wildman–Crippen LogP) is 2.89. The first kappa shape index (κ1) is 16.4. The molecule has 114 valence electrons. The van der Waals surface area contributed by atoms with Gasteiger partial charge in [-0.3, -0.25) is 4.79 Å². The molecule has 0 radical (unpaired) electrons. The van der Waals surface area contributed by atoms with Crippen molar-refractivity contribution in [3.8, 4) is 11.8 Å². The van der Waals surface area contributed by atoms with Crippen molar-refractivity contribution in [3.63, 3.8) is 0 Å². The summed E-state index contributed by atoms with van der Waals surface area (Å²) in [7, 11) is 0. The number of carbonyl (C=O) groups is 1. The van der Waals surface area contributed by atoms with E-state index in [0.29, 0.717) is 17.7 Å². The Bertz CT molecular complexity index is 530. The summed E-state index contributed by atoms with van der Waals surface area (Å²) in [6, 6.07) is 4.01. The highest BCUT2D eigenvalue weighted by Gasteiger charge is 2.26. The van der Waals surface area contributed by atoms with Gasteiger partial charge in [0.25, 0.3) is 5.91 Å². The molecule has 5 heteroatoms. The zero-order chi connectivity index (χ0) is 15.1. The van der Waals surface area contributed by atoms with Gasteiger partial charge in [0.2, 0.25) is 0 Å². The van der Waals surface area contributed by atoms with E-state index in [1.807, 2.05) is 23.9 Å². The molecule has 1 aliphatic carbocycles. The van der Waals surface area contributed by atoms with Gasteiger partial charge in [-0.25, -0.2) is 0 Å². The van der Waals surface area contributed by atoms with Crippen molar-refractivity contribution in [2.24, 2.45) is 0 Å². The molecule has 1 fully saturated rings. The number of nitrogens with one attached hydrogen (secondary N) is 1. The second-order valence-electron chi connectivity index (χ2n) is 5.00. The van der Waals surface area contributed by atoms with Crippen molar-refractivity contribution in [1.29, 1.82) is 0 Å². The van der Waals surface area contributed by atoms with E-state index in [0.717, 1.165) is 28.3 Å². The number of aliphatic hydroxyl groups excluding tert-OH is 1. The number of thioether (sulfide) groups is 1. The Morgan fingerprint density at radius 3 is 3.14 bits per heavy atom. The fourth-order valence-corrected chi connectivity index (χ4v) is 4.37. The van der Waals surface area contributed by atoms with Crippen molar-refractivity contribution in [1.82, 2.24) is 5.32 Å². The Hall–Kier alpha value is -0.960. The predicted molar refractivity (Wildman–Crippen MR) is 89.9 cm³/mol. The van der Waals surface area contributed by atoms with E-state index in [1.54, 1.807) is 0 Å². The van der Waals surface area contributed by atoms with Gasteiger partial charge in [-0.05, 0) is 37.1 Å². The highest BCUT2D eigenvalue weighted by atomic mass is 32.2. The van der Waals surface area contributed by atoms with Crippen LogP contribution in [0.1, 0.15) is 47.2 Å². The molecule has 1 saturated carbocycles. The number of amides is 1. The van der Waals surface area contributed by atoms with Gasteiger partial charge >= 0.3 is 0 Å². The smallest absolute Gasteiger partial charge is 0.261 e. The molecule has 1 amide bonds. The van der Waals surface area contributed by atoms with Crippen molar-refractivity contribution < 1.29 is 9.90 Å². The molecule has 1 aliphatic rings. The van der Waals surface area contributed by atoms with Crippen LogP contribution in [0.15, 0.2) is 12.1 Å². The van der Waals surface area contributed by atoms with Crippen LogP contribution < -0.4 is 5.32 Å². The second kappa shape index (κ2) is 8.47. The zero-order valence-electron chi connectivity index (χ0n) is 12.2. The normalized spacial score (nSPS) is 20.9. The summed E-state index contributed by atoms with van der Waals surface area (Å²) in [5.41, 5.74) is 0. The third kappa shape index (κ3) is 5.06. The summed E-state index contributed by atoms with van der Waals surface area (Å²) < 4.78 is 0. The van der Waals surface area contributed by atoms with E-state index in [4.69, 9.17) is 5.11 Å². The third-order valence-electron chi connectivity index (χ3n) is 3.40. The molecule has 2 N–H and O–H groups in total. The Morgan fingerprint density at radius 2 is 2.38 bits per heavy atom. The van der Waals surface area contributed by atoms with Crippen molar-refractivity contribution in [2.45, 2.75) is 43.9 Å². The minimum absolute atomic E-state index is 0.0161. The summed E-state index contributed by atoms with van der Waals surface area (Å²) in [4.78, 5) is 13.8. The Kier molecular flexibility index (Phi) is 6.62. The maximum Gasteiger partial charge on any atom is 0.261 e. The van der Waals surface area contributed by atoms with Gasteiger partial charge in [0.1, 0.15) is 0 Å². The SMILES string of the molecule is CCSC1CCC(NC(=O)c2ccc(C#CCCO)s2)C1. The molecule has 1 aromatic rings. The molecule has 2 unspecified atom stereocenters. The summed E-state index contributed by atoms with van der Waals surface area (Å²) in [6.07, 6.45) is 3.83. The molecule has 1 aromatic heterocycles. The monoisotopic (exact) mass is 323 g/mol. The van der Waals surface area contributed by atoms with E-state index in [-0.39, 0.29) is 12.5 Å². The van der Waals surface area contributed by atoms with Gasteiger partial charge in [-0.15, -0.1) is 11.3 Å². The number of carbonyl (C=O) groups excluding carboxylic acids is 1. The van der Waals surface area contributed by atoms with Crippen LogP contribution >= 0.6 is 23.1 Å². The Labute approximate surface area is 134 Å². The van der Waals surface area contributed by atoms with Gasteiger partial charge in [-0.1, -0.05) is 18.8 Å². The van der Waals surface area contributed by atoms with Crippen LogP contribution in [0.5, 0.6) is 0 Å². The van der Waals surface area contributed by atoms with Gasteiger partial charge < -0.3 is 10.4 Å². The van der Waals surface area contributed by atoms with Crippen LogP contribution in [0.3, 0.4) is 0 Å². The average molecular weight is 323 g/mol. The van der Waals surface area contributed by atoms with Crippen LogP contribution in [0, 0.1) is 11.8 Å². The zero-order valence-corrected chi connectivity index (χ0v) is 13.9. The largest absolute Gasteiger partial charge is 0.395 e. The first-order valence-electron chi connectivity index (χ1n) is 7.35. The Morgan fingerprint density at radius 1 is 1.52 bits per heavy atom. The first-order chi connectivity index (χ1) is 10.2. The van der Waals surface area contributed by atoms with Gasteiger partial charge in [0, 0.05) is 17.7 Å². The summed E-state index contributed by atoms with van der Waals surface area (Å²) in [6.45, 7) is 2.26. The van der Waals surface area contributed by atoms with E-state index in [9.17, 15) is 4.79 Å². The van der Waals surface area contributed by atoms with Gasteiger partial charge in [0.15, 0.2) is 0 Å². The fourth-order valence-electron chi connectivity index (χ4n) is 2.45. The summed E-state index contributed by atoms with van der Waals surface area (Å²) in [5, 5.41) is 12.5. The molecule has 0 bridgehead atoms. The first-order valence-corrected chi connectivity index (χ1v) is 9.21. The van der Waals surface area contributed by atoms with Crippen molar-refractivity contribution in [3.05, 3.63) is 21.9 Å². The Balaban J connectivity index is 1.85. The topological polar surface area (TPSA) is 49.3 Å². The number of aliphatic hydroxyl groups is 1.